The second-order valence-corrected chi connectivity index (χ2v) is 5.77. The van der Waals surface area contributed by atoms with Crippen LogP contribution in [0, 0.1) is 0 Å². The molecule has 0 saturated carbocycles. The van der Waals surface area contributed by atoms with Crippen molar-refractivity contribution in [3.8, 4) is 5.75 Å². The molecule has 0 amide bonds. The summed E-state index contributed by atoms with van der Waals surface area (Å²) < 4.78 is 6.81. The van der Waals surface area contributed by atoms with Crippen LogP contribution in [0.1, 0.15) is 33.3 Å². The van der Waals surface area contributed by atoms with E-state index in [9.17, 15) is 5.11 Å². The van der Waals surface area contributed by atoms with Gasteiger partial charge in [0.15, 0.2) is 0 Å². The van der Waals surface area contributed by atoms with Crippen LogP contribution in [-0.4, -0.2) is 23.4 Å². The fourth-order valence-corrected chi connectivity index (χ4v) is 1.82. The van der Waals surface area contributed by atoms with Crippen molar-refractivity contribution in [2.45, 2.75) is 52.5 Å². The van der Waals surface area contributed by atoms with Crippen LogP contribution in [0.3, 0.4) is 0 Å². The first-order valence-corrected chi connectivity index (χ1v) is 7.06. The van der Waals surface area contributed by atoms with Crippen molar-refractivity contribution in [1.82, 2.24) is 5.32 Å². The molecule has 1 rings (SSSR count). The van der Waals surface area contributed by atoms with E-state index >= 15 is 0 Å². The normalized spacial score (nSPS) is 14.6. The summed E-state index contributed by atoms with van der Waals surface area (Å²) in [6.07, 6.45) is -0.705. The van der Waals surface area contributed by atoms with E-state index in [1.54, 1.807) is 6.92 Å². The Balaban J connectivity index is 2.82. The number of benzene rings is 1. The SMILES string of the molecule is CC(C)NCc1cc(Br)ccc1OC(C)C(C)O. The molecule has 1 aromatic carbocycles. The molecule has 1 aromatic rings. The molecule has 102 valence electrons. The van der Waals surface area contributed by atoms with Crippen LogP contribution in [0.25, 0.3) is 0 Å². The van der Waals surface area contributed by atoms with Crippen molar-refractivity contribution in [2.75, 3.05) is 0 Å². The summed E-state index contributed by atoms with van der Waals surface area (Å²) in [7, 11) is 0. The molecule has 0 aliphatic rings. The highest BCUT2D eigenvalue weighted by atomic mass is 79.9. The third kappa shape index (κ3) is 4.96. The maximum Gasteiger partial charge on any atom is 0.124 e. The average Bonchev–Trinajstić information content (AvgIpc) is 2.29. The minimum atomic E-state index is -0.487. The van der Waals surface area contributed by atoms with E-state index in [0.29, 0.717) is 6.04 Å². The zero-order chi connectivity index (χ0) is 13.7. The molecule has 0 heterocycles. The monoisotopic (exact) mass is 315 g/mol. The predicted octanol–water partition coefficient (Wildman–Crippen LogP) is 3.10. The molecule has 4 heteroatoms. The Kier molecular flexibility index (Phi) is 6.12. The van der Waals surface area contributed by atoms with Gasteiger partial charge in [0.05, 0.1) is 6.10 Å². The Morgan fingerprint density at radius 3 is 2.50 bits per heavy atom. The van der Waals surface area contributed by atoms with Gasteiger partial charge < -0.3 is 15.2 Å². The summed E-state index contributed by atoms with van der Waals surface area (Å²) in [4.78, 5) is 0. The highest BCUT2D eigenvalue weighted by Crippen LogP contribution is 2.24. The van der Waals surface area contributed by atoms with Crippen molar-refractivity contribution in [1.29, 1.82) is 0 Å². The third-order valence-electron chi connectivity index (χ3n) is 2.72. The molecule has 0 bridgehead atoms. The van der Waals surface area contributed by atoms with Crippen molar-refractivity contribution in [3.05, 3.63) is 28.2 Å². The van der Waals surface area contributed by atoms with Crippen LogP contribution in [0.4, 0.5) is 0 Å². The van der Waals surface area contributed by atoms with E-state index in [1.165, 1.54) is 0 Å². The van der Waals surface area contributed by atoms with Crippen LogP contribution < -0.4 is 10.1 Å². The lowest BCUT2D eigenvalue weighted by Crippen LogP contribution is -2.27. The molecule has 2 atom stereocenters. The topological polar surface area (TPSA) is 41.5 Å². The smallest absolute Gasteiger partial charge is 0.124 e. The Labute approximate surface area is 118 Å². The van der Waals surface area contributed by atoms with Gasteiger partial charge in [-0.2, -0.15) is 0 Å². The molecular formula is C14H22BrNO2. The average molecular weight is 316 g/mol. The van der Waals surface area contributed by atoms with E-state index in [1.807, 2.05) is 25.1 Å². The molecule has 2 unspecified atom stereocenters. The maximum absolute atomic E-state index is 9.50. The van der Waals surface area contributed by atoms with Gasteiger partial charge in [0.25, 0.3) is 0 Å². The standard InChI is InChI=1S/C14H22BrNO2/c1-9(2)16-8-12-7-13(15)5-6-14(12)18-11(4)10(3)17/h5-7,9-11,16-17H,8H2,1-4H3. The summed E-state index contributed by atoms with van der Waals surface area (Å²) in [5.41, 5.74) is 1.09. The van der Waals surface area contributed by atoms with E-state index in [4.69, 9.17) is 4.74 Å². The number of aliphatic hydroxyl groups excluding tert-OH is 1. The first kappa shape index (κ1) is 15.5. The van der Waals surface area contributed by atoms with Crippen molar-refractivity contribution in [3.63, 3.8) is 0 Å². The fraction of sp³-hybridized carbons (Fsp3) is 0.571. The minimum Gasteiger partial charge on any atom is -0.488 e. The lowest BCUT2D eigenvalue weighted by atomic mass is 10.2. The molecule has 0 fully saturated rings. The first-order chi connectivity index (χ1) is 8.40. The van der Waals surface area contributed by atoms with E-state index in [0.717, 1.165) is 22.3 Å². The Morgan fingerprint density at radius 2 is 1.94 bits per heavy atom. The molecule has 0 aliphatic carbocycles. The number of rotatable bonds is 6. The van der Waals surface area contributed by atoms with Crippen molar-refractivity contribution >= 4 is 15.9 Å². The van der Waals surface area contributed by atoms with Gasteiger partial charge in [0, 0.05) is 22.6 Å². The highest BCUT2D eigenvalue weighted by Gasteiger charge is 2.13. The zero-order valence-corrected chi connectivity index (χ0v) is 13.0. The fourth-order valence-electron chi connectivity index (χ4n) is 1.41. The van der Waals surface area contributed by atoms with Gasteiger partial charge in [0.2, 0.25) is 0 Å². The van der Waals surface area contributed by atoms with Gasteiger partial charge in [-0.1, -0.05) is 29.8 Å². The number of halogens is 1. The summed E-state index contributed by atoms with van der Waals surface area (Å²) in [6, 6.07) is 6.34. The molecule has 0 aromatic heterocycles. The van der Waals surface area contributed by atoms with Crippen molar-refractivity contribution in [2.24, 2.45) is 0 Å². The molecule has 18 heavy (non-hydrogen) atoms. The Morgan fingerprint density at radius 1 is 1.28 bits per heavy atom. The van der Waals surface area contributed by atoms with Crippen LogP contribution in [0.15, 0.2) is 22.7 Å². The first-order valence-electron chi connectivity index (χ1n) is 6.26. The van der Waals surface area contributed by atoms with Gasteiger partial charge in [-0.25, -0.2) is 0 Å². The molecule has 0 spiro atoms. The van der Waals surface area contributed by atoms with E-state index in [-0.39, 0.29) is 6.10 Å². The molecule has 0 saturated heterocycles. The van der Waals surface area contributed by atoms with Gasteiger partial charge in [-0.05, 0) is 32.0 Å². The summed E-state index contributed by atoms with van der Waals surface area (Å²) in [5.74, 6) is 0.819. The minimum absolute atomic E-state index is 0.219. The number of hydrogen-bond donors (Lipinski definition) is 2. The van der Waals surface area contributed by atoms with Crippen molar-refractivity contribution < 1.29 is 9.84 Å². The molecule has 0 aliphatic heterocycles. The molecule has 3 nitrogen and oxygen atoms in total. The Bertz CT molecular complexity index is 380. The van der Waals surface area contributed by atoms with Crippen LogP contribution in [-0.2, 0) is 6.54 Å². The zero-order valence-electron chi connectivity index (χ0n) is 11.4. The molecule has 0 radical (unpaired) electrons. The van der Waals surface area contributed by atoms with E-state index < -0.39 is 6.10 Å². The lowest BCUT2D eigenvalue weighted by Gasteiger charge is -2.20. The summed E-state index contributed by atoms with van der Waals surface area (Å²) in [6.45, 7) is 8.56. The Hall–Kier alpha value is -0.580. The number of aliphatic hydroxyl groups is 1. The number of nitrogens with one attached hydrogen (secondary N) is 1. The summed E-state index contributed by atoms with van der Waals surface area (Å²) in [5, 5.41) is 12.9. The van der Waals surface area contributed by atoms with Crippen LogP contribution in [0.2, 0.25) is 0 Å². The third-order valence-corrected chi connectivity index (χ3v) is 3.21. The van der Waals surface area contributed by atoms with Gasteiger partial charge in [0.1, 0.15) is 11.9 Å². The van der Waals surface area contributed by atoms with Gasteiger partial charge in [-0.3, -0.25) is 0 Å². The number of ether oxygens (including phenoxy) is 1. The molecule has 2 N–H and O–H groups in total. The maximum atomic E-state index is 9.50. The largest absolute Gasteiger partial charge is 0.488 e. The summed E-state index contributed by atoms with van der Waals surface area (Å²) >= 11 is 3.47. The second-order valence-electron chi connectivity index (χ2n) is 4.85. The van der Waals surface area contributed by atoms with Gasteiger partial charge >= 0.3 is 0 Å². The quantitative estimate of drug-likeness (QED) is 0.847. The number of hydrogen-bond acceptors (Lipinski definition) is 3. The van der Waals surface area contributed by atoms with Gasteiger partial charge in [-0.15, -0.1) is 0 Å². The lowest BCUT2D eigenvalue weighted by molar-refractivity contribution is 0.0597. The van der Waals surface area contributed by atoms with E-state index in [2.05, 4.69) is 35.1 Å². The van der Waals surface area contributed by atoms with Crippen LogP contribution in [0.5, 0.6) is 5.75 Å². The second kappa shape index (κ2) is 7.12. The highest BCUT2D eigenvalue weighted by molar-refractivity contribution is 9.10. The molecular weight excluding hydrogens is 294 g/mol. The van der Waals surface area contributed by atoms with Crippen LogP contribution >= 0.6 is 15.9 Å². The predicted molar refractivity (Wildman–Crippen MR) is 77.9 cm³/mol.